The van der Waals surface area contributed by atoms with Crippen molar-refractivity contribution in [2.45, 2.75) is 25.3 Å². The average Bonchev–Trinajstić information content (AvgIpc) is 2.52. The molecule has 0 aliphatic heterocycles. The summed E-state index contributed by atoms with van der Waals surface area (Å²) in [5, 5.41) is 13.8. The number of carboxylic acid groups (broad SMARTS) is 1. The number of carbonyl (C=O) groups is 2. The topological polar surface area (TPSA) is 78.4 Å². The van der Waals surface area contributed by atoms with Gasteiger partial charge in [-0.25, -0.2) is 4.79 Å². The lowest BCUT2D eigenvalue weighted by Gasteiger charge is -2.16. The molecule has 0 radical (unpaired) electrons. The van der Waals surface area contributed by atoms with E-state index in [9.17, 15) is 9.59 Å². The van der Waals surface area contributed by atoms with E-state index in [-0.39, 0.29) is 12.1 Å². The molecule has 74 valence electrons. The van der Waals surface area contributed by atoms with E-state index in [4.69, 9.17) is 5.11 Å². The first-order valence-electron chi connectivity index (χ1n) is 4.36. The second-order valence-electron chi connectivity index (χ2n) is 3.21. The standard InChI is InChI=1S/C8H14N2O3/c1-9-8(13)10-6-4-2-3-5(6)7(11)12/h5-6H,2-4H2,1H3,(H,11,12)(H2,9,10,13)/t5-,6+/m0/s1. The molecule has 0 aromatic carbocycles. The molecule has 13 heavy (non-hydrogen) atoms. The van der Waals surface area contributed by atoms with Crippen molar-refractivity contribution in [3.8, 4) is 0 Å². The fraction of sp³-hybridized carbons (Fsp3) is 0.750. The Morgan fingerprint density at radius 3 is 2.62 bits per heavy atom. The van der Waals surface area contributed by atoms with Gasteiger partial charge in [-0.3, -0.25) is 4.79 Å². The fourth-order valence-electron chi connectivity index (χ4n) is 1.67. The summed E-state index contributed by atoms with van der Waals surface area (Å²) < 4.78 is 0. The SMILES string of the molecule is CNC(=O)N[C@@H]1CCC[C@@H]1C(=O)O. The van der Waals surface area contributed by atoms with Crippen molar-refractivity contribution in [3.63, 3.8) is 0 Å². The lowest BCUT2D eigenvalue weighted by Crippen LogP contribution is -2.44. The highest BCUT2D eigenvalue weighted by Crippen LogP contribution is 2.25. The molecule has 2 amide bonds. The number of hydrogen-bond donors (Lipinski definition) is 3. The van der Waals surface area contributed by atoms with E-state index in [0.29, 0.717) is 6.42 Å². The Bertz CT molecular complexity index is 217. The zero-order chi connectivity index (χ0) is 9.84. The number of amides is 2. The van der Waals surface area contributed by atoms with Crippen molar-refractivity contribution in [2.24, 2.45) is 5.92 Å². The van der Waals surface area contributed by atoms with Gasteiger partial charge in [0.25, 0.3) is 0 Å². The third kappa shape index (κ3) is 2.34. The van der Waals surface area contributed by atoms with Crippen LogP contribution in [0.2, 0.25) is 0 Å². The highest BCUT2D eigenvalue weighted by Gasteiger charge is 2.33. The number of rotatable bonds is 2. The molecule has 0 aromatic heterocycles. The zero-order valence-corrected chi connectivity index (χ0v) is 7.54. The maximum Gasteiger partial charge on any atom is 0.314 e. The Morgan fingerprint density at radius 1 is 1.38 bits per heavy atom. The van der Waals surface area contributed by atoms with Crippen LogP contribution in [0.1, 0.15) is 19.3 Å². The zero-order valence-electron chi connectivity index (χ0n) is 7.54. The van der Waals surface area contributed by atoms with Crippen molar-refractivity contribution in [1.29, 1.82) is 0 Å². The van der Waals surface area contributed by atoms with Crippen LogP contribution < -0.4 is 10.6 Å². The number of urea groups is 1. The van der Waals surface area contributed by atoms with Gasteiger partial charge in [-0.05, 0) is 12.8 Å². The largest absolute Gasteiger partial charge is 0.481 e. The van der Waals surface area contributed by atoms with E-state index in [1.807, 2.05) is 0 Å². The normalized spacial score (nSPS) is 26.8. The van der Waals surface area contributed by atoms with E-state index >= 15 is 0 Å². The summed E-state index contributed by atoms with van der Waals surface area (Å²) in [4.78, 5) is 21.6. The summed E-state index contributed by atoms with van der Waals surface area (Å²) in [5.74, 6) is -1.24. The highest BCUT2D eigenvalue weighted by atomic mass is 16.4. The Kier molecular flexibility index (Phi) is 3.11. The van der Waals surface area contributed by atoms with Crippen LogP contribution in [0.5, 0.6) is 0 Å². The summed E-state index contributed by atoms with van der Waals surface area (Å²) in [6, 6.07) is -0.518. The molecule has 0 unspecified atom stereocenters. The third-order valence-electron chi connectivity index (χ3n) is 2.38. The van der Waals surface area contributed by atoms with Gasteiger partial charge in [0, 0.05) is 13.1 Å². The van der Waals surface area contributed by atoms with Crippen LogP contribution in [0.15, 0.2) is 0 Å². The van der Waals surface area contributed by atoms with Crippen molar-refractivity contribution >= 4 is 12.0 Å². The van der Waals surface area contributed by atoms with E-state index in [2.05, 4.69) is 10.6 Å². The second-order valence-corrected chi connectivity index (χ2v) is 3.21. The Hall–Kier alpha value is -1.26. The number of hydrogen-bond acceptors (Lipinski definition) is 2. The van der Waals surface area contributed by atoms with Crippen LogP contribution in [0.3, 0.4) is 0 Å². The molecule has 5 nitrogen and oxygen atoms in total. The molecule has 0 spiro atoms. The summed E-state index contributed by atoms with van der Waals surface area (Å²) >= 11 is 0. The quantitative estimate of drug-likeness (QED) is 0.575. The minimum Gasteiger partial charge on any atom is -0.481 e. The molecule has 1 saturated carbocycles. The molecule has 0 heterocycles. The Balaban J connectivity index is 2.48. The van der Waals surface area contributed by atoms with Crippen LogP contribution in [-0.2, 0) is 4.79 Å². The molecule has 0 bridgehead atoms. The van der Waals surface area contributed by atoms with Crippen LogP contribution in [0.25, 0.3) is 0 Å². The summed E-state index contributed by atoms with van der Waals surface area (Å²) in [7, 11) is 1.51. The second kappa shape index (κ2) is 4.11. The number of carbonyl (C=O) groups excluding carboxylic acids is 1. The van der Waals surface area contributed by atoms with E-state index in [1.165, 1.54) is 7.05 Å². The first kappa shape index (κ1) is 9.83. The molecule has 0 saturated heterocycles. The molecular weight excluding hydrogens is 172 g/mol. The Morgan fingerprint density at radius 2 is 2.08 bits per heavy atom. The van der Waals surface area contributed by atoms with Gasteiger partial charge >= 0.3 is 12.0 Å². The van der Waals surface area contributed by atoms with Crippen LogP contribution in [0.4, 0.5) is 4.79 Å². The molecular formula is C8H14N2O3. The molecule has 1 aliphatic rings. The summed E-state index contributed by atoms with van der Waals surface area (Å²) in [6.07, 6.45) is 2.28. The van der Waals surface area contributed by atoms with Gasteiger partial charge in [-0.15, -0.1) is 0 Å². The molecule has 1 rings (SSSR count). The minimum atomic E-state index is -0.820. The number of carboxylic acids is 1. The van der Waals surface area contributed by atoms with Gasteiger partial charge in [-0.2, -0.15) is 0 Å². The lowest BCUT2D eigenvalue weighted by atomic mass is 10.0. The van der Waals surface area contributed by atoms with Gasteiger partial charge in [0.2, 0.25) is 0 Å². The van der Waals surface area contributed by atoms with Crippen molar-refractivity contribution in [3.05, 3.63) is 0 Å². The summed E-state index contributed by atoms with van der Waals surface area (Å²) in [5.41, 5.74) is 0. The molecule has 0 aromatic rings. The van der Waals surface area contributed by atoms with Crippen LogP contribution >= 0.6 is 0 Å². The first-order valence-corrected chi connectivity index (χ1v) is 4.36. The van der Waals surface area contributed by atoms with Crippen molar-refractivity contribution in [2.75, 3.05) is 7.05 Å². The van der Waals surface area contributed by atoms with Crippen molar-refractivity contribution in [1.82, 2.24) is 10.6 Å². The van der Waals surface area contributed by atoms with Crippen LogP contribution in [0, 0.1) is 5.92 Å². The monoisotopic (exact) mass is 186 g/mol. The maximum absolute atomic E-state index is 10.9. The first-order chi connectivity index (χ1) is 6.15. The van der Waals surface area contributed by atoms with Gasteiger partial charge in [0.05, 0.1) is 5.92 Å². The third-order valence-corrected chi connectivity index (χ3v) is 2.38. The fourth-order valence-corrected chi connectivity index (χ4v) is 1.67. The number of nitrogens with one attached hydrogen (secondary N) is 2. The van der Waals surface area contributed by atoms with Gasteiger partial charge < -0.3 is 15.7 Å². The van der Waals surface area contributed by atoms with Crippen molar-refractivity contribution < 1.29 is 14.7 Å². The lowest BCUT2D eigenvalue weighted by molar-refractivity contribution is -0.142. The predicted octanol–water partition coefficient (Wildman–Crippen LogP) is 0.169. The smallest absolute Gasteiger partial charge is 0.314 e. The molecule has 2 atom stereocenters. The molecule has 3 N–H and O–H groups in total. The van der Waals surface area contributed by atoms with E-state index < -0.39 is 11.9 Å². The summed E-state index contributed by atoms with van der Waals surface area (Å²) in [6.45, 7) is 0. The van der Waals surface area contributed by atoms with Gasteiger partial charge in [0.15, 0.2) is 0 Å². The van der Waals surface area contributed by atoms with E-state index in [1.54, 1.807) is 0 Å². The maximum atomic E-state index is 10.9. The van der Waals surface area contributed by atoms with Gasteiger partial charge in [0.1, 0.15) is 0 Å². The minimum absolute atomic E-state index is 0.211. The predicted molar refractivity (Wildman–Crippen MR) is 46.4 cm³/mol. The van der Waals surface area contributed by atoms with Gasteiger partial charge in [-0.1, -0.05) is 6.42 Å². The average molecular weight is 186 g/mol. The molecule has 5 heteroatoms. The van der Waals surface area contributed by atoms with Crippen LogP contribution in [-0.4, -0.2) is 30.2 Å². The number of aliphatic carboxylic acids is 1. The highest BCUT2D eigenvalue weighted by molar-refractivity contribution is 5.76. The Labute approximate surface area is 76.5 Å². The molecule has 1 fully saturated rings. The van der Waals surface area contributed by atoms with E-state index in [0.717, 1.165) is 12.8 Å². The molecule has 1 aliphatic carbocycles.